The first-order valence-corrected chi connectivity index (χ1v) is 11.9. The first-order chi connectivity index (χ1) is 14.0. The third-order valence-electron chi connectivity index (χ3n) is 5.55. The molecule has 7 heteroatoms. The number of hydrogen-bond donors (Lipinski definition) is 1. The zero-order valence-electron chi connectivity index (χ0n) is 16.2. The number of rotatable bonds is 7. The number of sulfonamides is 1. The Labute approximate surface area is 177 Å². The molecule has 0 radical (unpaired) electrons. The minimum Gasteiger partial charge on any atom is -0.494 e. The number of halogens is 1. The van der Waals surface area contributed by atoms with Crippen molar-refractivity contribution in [1.29, 1.82) is 0 Å². The zero-order valence-corrected chi connectivity index (χ0v) is 17.8. The Morgan fingerprint density at radius 3 is 2.59 bits per heavy atom. The summed E-state index contributed by atoms with van der Waals surface area (Å²) in [6.07, 6.45) is 5.87. The minimum atomic E-state index is -3.72. The van der Waals surface area contributed by atoms with Gasteiger partial charge < -0.3 is 10.1 Å². The quantitative estimate of drug-likeness (QED) is 0.657. The van der Waals surface area contributed by atoms with Gasteiger partial charge in [0.1, 0.15) is 10.6 Å². The van der Waals surface area contributed by atoms with E-state index in [1.54, 1.807) is 36.4 Å². The van der Waals surface area contributed by atoms with Gasteiger partial charge in [0.25, 0.3) is 10.0 Å². The molecule has 1 N–H and O–H groups in total. The monoisotopic (exact) mass is 432 g/mol. The van der Waals surface area contributed by atoms with Crippen molar-refractivity contribution in [2.45, 2.75) is 37.0 Å². The summed E-state index contributed by atoms with van der Waals surface area (Å²) in [5.41, 5.74) is 1.78. The lowest BCUT2D eigenvalue weighted by Gasteiger charge is -2.22. The van der Waals surface area contributed by atoms with Gasteiger partial charge in [0, 0.05) is 22.2 Å². The Balaban J connectivity index is 1.38. The predicted octanol–water partition coefficient (Wildman–Crippen LogP) is 4.43. The highest BCUT2D eigenvalue weighted by Crippen LogP contribution is 2.32. The molecule has 2 heterocycles. The molecule has 1 fully saturated rings. The molecule has 29 heavy (non-hydrogen) atoms. The second-order valence-electron chi connectivity index (χ2n) is 7.62. The largest absolute Gasteiger partial charge is 0.494 e. The van der Waals surface area contributed by atoms with Gasteiger partial charge in [0.2, 0.25) is 0 Å². The van der Waals surface area contributed by atoms with Crippen LogP contribution >= 0.6 is 11.6 Å². The molecule has 2 aromatic rings. The lowest BCUT2D eigenvalue weighted by Crippen LogP contribution is -2.27. The van der Waals surface area contributed by atoms with Gasteiger partial charge in [-0.3, -0.25) is 0 Å². The predicted molar refractivity (Wildman–Crippen MR) is 116 cm³/mol. The molecule has 0 amide bonds. The second kappa shape index (κ2) is 8.86. The van der Waals surface area contributed by atoms with Crippen molar-refractivity contribution in [3.05, 3.63) is 58.6 Å². The lowest BCUT2D eigenvalue weighted by atomic mass is 9.93. The second-order valence-corrected chi connectivity index (χ2v) is 9.63. The van der Waals surface area contributed by atoms with E-state index in [0.29, 0.717) is 28.7 Å². The number of ether oxygens (including phenoxy) is 1. The summed E-state index contributed by atoms with van der Waals surface area (Å²) in [6, 6.07) is 12.2. The number of fused-ring (bicyclic) bond motifs is 1. The van der Waals surface area contributed by atoms with E-state index in [1.165, 1.54) is 19.3 Å². The number of nitrogens with zero attached hydrogens (tertiary/aromatic N) is 1. The van der Waals surface area contributed by atoms with Crippen molar-refractivity contribution in [1.82, 2.24) is 5.32 Å². The Hall–Kier alpha value is -1.89. The minimum absolute atomic E-state index is 0.203. The van der Waals surface area contributed by atoms with Gasteiger partial charge in [-0.15, -0.1) is 0 Å². The maximum atomic E-state index is 12.5. The summed E-state index contributed by atoms with van der Waals surface area (Å²) >= 11 is 5.93. The van der Waals surface area contributed by atoms with Crippen molar-refractivity contribution < 1.29 is 13.2 Å². The highest BCUT2D eigenvalue weighted by atomic mass is 35.5. The normalized spacial score (nSPS) is 18.3. The topological polar surface area (TPSA) is 67.8 Å². The molecular weight excluding hydrogens is 408 g/mol. The summed E-state index contributed by atoms with van der Waals surface area (Å²) in [5.74, 6) is 1.39. The molecule has 0 unspecified atom stereocenters. The van der Waals surface area contributed by atoms with E-state index in [2.05, 4.69) is 9.71 Å². The van der Waals surface area contributed by atoms with Crippen LogP contribution in [0, 0.1) is 5.92 Å². The molecule has 5 nitrogen and oxygen atoms in total. The first kappa shape index (κ1) is 20.4. The van der Waals surface area contributed by atoms with Crippen molar-refractivity contribution in [3.63, 3.8) is 0 Å². The van der Waals surface area contributed by atoms with E-state index in [-0.39, 0.29) is 4.90 Å². The fraction of sp³-hybridized carbons (Fsp3) is 0.409. The Kier molecular flexibility index (Phi) is 6.23. The number of hydrogen-bond acceptors (Lipinski definition) is 4. The summed E-state index contributed by atoms with van der Waals surface area (Å²) < 4.78 is 34.9. The zero-order chi connectivity index (χ0) is 20.3. The molecule has 0 atom stereocenters. The van der Waals surface area contributed by atoms with E-state index < -0.39 is 10.0 Å². The van der Waals surface area contributed by atoms with Gasteiger partial charge >= 0.3 is 0 Å². The van der Waals surface area contributed by atoms with Crippen molar-refractivity contribution in [2.24, 2.45) is 10.3 Å². The summed E-state index contributed by atoms with van der Waals surface area (Å²) in [7, 11) is -3.72. The Morgan fingerprint density at radius 2 is 1.83 bits per heavy atom. The Morgan fingerprint density at radius 1 is 1.07 bits per heavy atom. The van der Waals surface area contributed by atoms with Crippen LogP contribution in [0.15, 0.2) is 51.8 Å². The van der Waals surface area contributed by atoms with Crippen LogP contribution in [0.2, 0.25) is 5.02 Å². The fourth-order valence-corrected chi connectivity index (χ4v) is 5.31. The standard InChI is InChI=1S/C22H25ClN2O3S/c23-18-6-4-17(5-7-18)22-20-9-8-19(15-21(20)29(26,27)25-22)28-14-2-1-3-16-10-12-24-13-11-16/h4-9,15-16,24H,1-3,10-14H2. The van der Waals surface area contributed by atoms with Crippen LogP contribution in [0.4, 0.5) is 0 Å². The van der Waals surface area contributed by atoms with Crippen molar-refractivity contribution >= 4 is 27.3 Å². The number of nitrogens with one attached hydrogen (secondary N) is 1. The molecule has 1 saturated heterocycles. The third kappa shape index (κ3) is 4.82. The fourth-order valence-electron chi connectivity index (χ4n) is 3.93. The average Bonchev–Trinajstić information content (AvgIpc) is 3.00. The third-order valence-corrected chi connectivity index (χ3v) is 7.12. The molecule has 0 aromatic heterocycles. The highest BCUT2D eigenvalue weighted by Gasteiger charge is 2.30. The molecule has 2 aliphatic rings. The highest BCUT2D eigenvalue weighted by molar-refractivity contribution is 7.90. The molecule has 0 spiro atoms. The van der Waals surface area contributed by atoms with Gasteiger partial charge in [0.05, 0.1) is 12.3 Å². The molecule has 2 aromatic carbocycles. The first-order valence-electron chi connectivity index (χ1n) is 10.1. The van der Waals surface area contributed by atoms with Crippen LogP contribution in [-0.4, -0.2) is 33.8 Å². The van der Waals surface area contributed by atoms with Crippen LogP contribution < -0.4 is 10.1 Å². The van der Waals surface area contributed by atoms with Gasteiger partial charge in [0.15, 0.2) is 0 Å². The molecule has 0 saturated carbocycles. The molecule has 2 aliphatic heterocycles. The molecule has 0 aliphatic carbocycles. The van der Waals surface area contributed by atoms with Gasteiger partial charge in [-0.05, 0) is 69.0 Å². The smallest absolute Gasteiger partial charge is 0.283 e. The molecule has 154 valence electrons. The van der Waals surface area contributed by atoms with Gasteiger partial charge in [-0.2, -0.15) is 12.8 Å². The molecule has 0 bridgehead atoms. The van der Waals surface area contributed by atoms with Crippen molar-refractivity contribution in [2.75, 3.05) is 19.7 Å². The van der Waals surface area contributed by atoms with Crippen LogP contribution in [-0.2, 0) is 10.0 Å². The van der Waals surface area contributed by atoms with E-state index in [1.807, 2.05) is 6.07 Å². The van der Waals surface area contributed by atoms with E-state index in [4.69, 9.17) is 16.3 Å². The maximum absolute atomic E-state index is 12.5. The van der Waals surface area contributed by atoms with Gasteiger partial charge in [-0.1, -0.05) is 30.2 Å². The van der Waals surface area contributed by atoms with Gasteiger partial charge in [-0.25, -0.2) is 0 Å². The summed E-state index contributed by atoms with van der Waals surface area (Å²) in [4.78, 5) is 0.203. The van der Waals surface area contributed by atoms with E-state index >= 15 is 0 Å². The van der Waals surface area contributed by atoms with Crippen LogP contribution in [0.25, 0.3) is 0 Å². The average molecular weight is 433 g/mol. The molecule has 4 rings (SSSR count). The number of piperidine rings is 1. The van der Waals surface area contributed by atoms with E-state index in [0.717, 1.165) is 37.4 Å². The van der Waals surface area contributed by atoms with Crippen molar-refractivity contribution in [3.8, 4) is 5.75 Å². The van der Waals surface area contributed by atoms with Crippen LogP contribution in [0.5, 0.6) is 5.75 Å². The lowest BCUT2D eigenvalue weighted by molar-refractivity contribution is 0.287. The summed E-state index contributed by atoms with van der Waals surface area (Å²) in [5, 5.41) is 3.99. The SMILES string of the molecule is O=S1(=O)N=C(c2ccc(Cl)cc2)c2ccc(OCCCCC3CCNCC3)cc21. The number of benzene rings is 2. The summed E-state index contributed by atoms with van der Waals surface area (Å²) in [6.45, 7) is 2.85. The van der Waals surface area contributed by atoms with Crippen LogP contribution in [0.3, 0.4) is 0 Å². The Bertz CT molecular complexity index is 997. The van der Waals surface area contributed by atoms with E-state index in [9.17, 15) is 8.42 Å². The maximum Gasteiger partial charge on any atom is 0.283 e. The molecular formula is C22H25ClN2O3S. The number of unbranched alkanes of at least 4 members (excludes halogenated alkanes) is 1. The van der Waals surface area contributed by atoms with Crippen LogP contribution in [0.1, 0.15) is 43.2 Å².